The Bertz CT molecular complexity index is 868. The van der Waals surface area contributed by atoms with Crippen molar-refractivity contribution in [1.29, 1.82) is 0 Å². The largest absolute Gasteiger partial charge is 0.219 e. The van der Waals surface area contributed by atoms with Gasteiger partial charge >= 0.3 is 0 Å². The van der Waals surface area contributed by atoms with E-state index in [0.717, 1.165) is 21.6 Å². The molecule has 0 aliphatic heterocycles. The highest BCUT2D eigenvalue weighted by Crippen LogP contribution is 2.59. The van der Waals surface area contributed by atoms with Gasteiger partial charge in [-0.05, 0) is 21.6 Å². The summed E-state index contributed by atoms with van der Waals surface area (Å²) < 4.78 is -3.92. The lowest BCUT2D eigenvalue weighted by Gasteiger charge is -2.21. The number of alkyl halides is 6. The number of halogens is 14. The van der Waals surface area contributed by atoms with Gasteiger partial charge in [0.25, 0.3) is 0 Å². The van der Waals surface area contributed by atoms with Gasteiger partial charge in [0.15, 0.2) is 0 Å². The molecule has 0 unspecified atom stereocenters. The van der Waals surface area contributed by atoms with Crippen molar-refractivity contribution in [3.05, 3.63) is 51.3 Å². The second-order valence-electron chi connectivity index (χ2n) is 5.08. The van der Waals surface area contributed by atoms with Gasteiger partial charge in [-0.2, -0.15) is 0 Å². The van der Waals surface area contributed by atoms with E-state index >= 15 is 0 Å². The van der Waals surface area contributed by atoms with E-state index in [2.05, 4.69) is 0 Å². The molecule has 166 valence electrons. The first-order chi connectivity index (χ1) is 13.5. The first kappa shape index (κ1) is 29.4. The van der Waals surface area contributed by atoms with Crippen LogP contribution in [0.3, 0.4) is 0 Å². The fourth-order valence-electron chi connectivity index (χ4n) is 1.95. The van der Waals surface area contributed by atoms with Gasteiger partial charge in [0.1, 0.15) is 0 Å². The minimum Gasteiger partial charge on any atom is -0.0821 e. The zero-order valence-electron chi connectivity index (χ0n) is 13.1. The normalized spacial score (nSPS) is 12.6. The Balaban J connectivity index is 2.56. The Hall–Kier alpha value is 3.20. The summed E-state index contributed by atoms with van der Waals surface area (Å²) in [5.74, 6) is 0. The fourth-order valence-corrected chi connectivity index (χ4v) is 9.54. The summed E-state index contributed by atoms with van der Waals surface area (Å²) in [6, 6.07) is 0. The van der Waals surface area contributed by atoms with Crippen molar-refractivity contribution < 1.29 is 0 Å². The minimum atomic E-state index is -1.96. The number of hydrogen-bond acceptors (Lipinski definition) is 2. The van der Waals surface area contributed by atoms with Crippen LogP contribution in [0.5, 0.6) is 0 Å². The quantitative estimate of drug-likeness (QED) is 0.175. The third kappa shape index (κ3) is 6.12. The Morgan fingerprint density at radius 3 is 0.733 bits per heavy atom. The summed E-state index contributed by atoms with van der Waals surface area (Å²) in [4.78, 5) is 0.502. The molecule has 0 bridgehead atoms. The van der Waals surface area contributed by atoms with Crippen LogP contribution in [-0.2, 0) is 7.59 Å². The van der Waals surface area contributed by atoms with Crippen LogP contribution in [0.4, 0.5) is 0 Å². The Morgan fingerprint density at radius 1 is 0.367 bits per heavy atom. The van der Waals surface area contributed by atoms with E-state index < -0.39 is 7.59 Å². The van der Waals surface area contributed by atoms with Gasteiger partial charge < -0.3 is 0 Å². The highest BCUT2D eigenvalue weighted by atomic mass is 35.6. The summed E-state index contributed by atoms with van der Waals surface area (Å²) >= 11 is 85.6. The maximum Gasteiger partial charge on any atom is 0.219 e. The molecule has 2 aromatic carbocycles. The summed E-state index contributed by atoms with van der Waals surface area (Å²) in [6.07, 6.45) is 0. The topological polar surface area (TPSA) is 0 Å². The average molecular weight is 729 g/mol. The molecule has 0 atom stereocenters. The van der Waals surface area contributed by atoms with Gasteiger partial charge in [0, 0.05) is 11.1 Å². The highest BCUT2D eigenvalue weighted by molar-refractivity contribution is 8.76. The SMILES string of the molecule is Clc1c(Cl)c(C(Cl)(Cl)Cl)c(Cl)c(Cl)c1SSc1c(Cl)c(Cl)c(C(Cl)(Cl)Cl)c(Cl)c1Cl. The number of hydrogen-bond donors (Lipinski definition) is 0. The molecule has 0 radical (unpaired) electrons. The molecule has 2 rings (SSSR count). The Morgan fingerprint density at radius 2 is 0.567 bits per heavy atom. The molecule has 0 spiro atoms. The maximum absolute atomic E-state index is 6.32. The third-order valence-electron chi connectivity index (χ3n) is 3.22. The molecule has 0 aromatic heterocycles. The van der Waals surface area contributed by atoms with Crippen LogP contribution in [0.1, 0.15) is 11.1 Å². The Labute approximate surface area is 249 Å². The standard InChI is InChI=1S/C14Cl14S2/c15-3-1(13(23,24)25)4(16)8(20)11(7(3)19)29-30-12-9(21)5(17)2(14(26,27)28)6(18)10(12)22. The van der Waals surface area contributed by atoms with Crippen LogP contribution in [-0.4, -0.2) is 0 Å². The van der Waals surface area contributed by atoms with Crippen LogP contribution >= 0.6 is 184 Å². The van der Waals surface area contributed by atoms with Crippen LogP contribution in [0.25, 0.3) is 0 Å². The van der Waals surface area contributed by atoms with Crippen LogP contribution in [0.2, 0.25) is 40.2 Å². The summed E-state index contributed by atoms with van der Waals surface area (Å²) in [7, 11) is 2.01. The second kappa shape index (κ2) is 11.1. The molecule has 0 nitrogen and oxygen atoms in total. The van der Waals surface area contributed by atoms with Gasteiger partial charge in [-0.3, -0.25) is 0 Å². The predicted molar refractivity (Wildman–Crippen MR) is 143 cm³/mol. The lowest BCUT2D eigenvalue weighted by molar-refractivity contribution is 1.22. The molecule has 2 aromatic rings. The van der Waals surface area contributed by atoms with Crippen molar-refractivity contribution in [1.82, 2.24) is 0 Å². The lowest BCUT2D eigenvalue weighted by atomic mass is 10.2. The molecule has 16 heteroatoms. The molecule has 0 saturated heterocycles. The first-order valence-electron chi connectivity index (χ1n) is 6.72. The van der Waals surface area contributed by atoms with Crippen molar-refractivity contribution in [2.45, 2.75) is 17.4 Å². The third-order valence-corrected chi connectivity index (χ3v) is 10.7. The highest BCUT2D eigenvalue weighted by Gasteiger charge is 2.35. The van der Waals surface area contributed by atoms with Crippen molar-refractivity contribution in [2.24, 2.45) is 0 Å². The summed E-state index contributed by atoms with van der Waals surface area (Å²) in [5, 5.41) is -0.384. The smallest absolute Gasteiger partial charge is 0.0821 e. The monoisotopic (exact) mass is 722 g/mol. The van der Waals surface area contributed by atoms with E-state index in [1.807, 2.05) is 0 Å². The second-order valence-corrected chi connectivity index (χ2v) is 14.8. The number of rotatable bonds is 3. The Kier molecular flexibility index (Phi) is 10.9. The summed E-state index contributed by atoms with van der Waals surface area (Å²) in [6.45, 7) is 0. The molecular weight excluding hydrogens is 729 g/mol. The van der Waals surface area contributed by atoms with Gasteiger partial charge in [0.05, 0.1) is 50.0 Å². The molecule has 30 heavy (non-hydrogen) atoms. The van der Waals surface area contributed by atoms with E-state index in [9.17, 15) is 0 Å². The molecular formula is C14Cl14S2. The van der Waals surface area contributed by atoms with E-state index in [1.165, 1.54) is 0 Å². The molecule has 0 saturated carbocycles. The summed E-state index contributed by atoms with van der Waals surface area (Å²) in [5.41, 5.74) is -0.122. The van der Waals surface area contributed by atoms with Crippen LogP contribution < -0.4 is 0 Å². The minimum absolute atomic E-state index is 0.00718. The van der Waals surface area contributed by atoms with Crippen molar-refractivity contribution in [3.63, 3.8) is 0 Å². The lowest BCUT2D eigenvalue weighted by Crippen LogP contribution is -2.04. The van der Waals surface area contributed by atoms with Gasteiger partial charge in [-0.25, -0.2) is 0 Å². The van der Waals surface area contributed by atoms with Crippen molar-refractivity contribution >= 4 is 184 Å². The molecule has 0 amide bonds. The van der Waals surface area contributed by atoms with E-state index in [-0.39, 0.29) is 61.1 Å². The van der Waals surface area contributed by atoms with Gasteiger partial charge in [-0.15, -0.1) is 0 Å². The first-order valence-corrected chi connectivity index (χ1v) is 14.2. The average Bonchev–Trinajstić information content (AvgIpc) is 2.58. The number of benzene rings is 2. The van der Waals surface area contributed by atoms with Crippen LogP contribution in [0, 0.1) is 0 Å². The molecule has 0 fully saturated rings. The molecule has 0 N–H and O–H groups in total. The molecule has 0 aliphatic rings. The molecule has 0 heterocycles. The van der Waals surface area contributed by atoms with Crippen molar-refractivity contribution in [3.8, 4) is 0 Å². The zero-order valence-corrected chi connectivity index (χ0v) is 25.3. The zero-order chi connectivity index (χ0) is 23.3. The van der Waals surface area contributed by atoms with E-state index in [0.29, 0.717) is 0 Å². The van der Waals surface area contributed by atoms with Gasteiger partial charge in [-0.1, -0.05) is 162 Å². The van der Waals surface area contributed by atoms with Crippen molar-refractivity contribution in [2.75, 3.05) is 0 Å². The van der Waals surface area contributed by atoms with E-state index in [4.69, 9.17) is 162 Å². The predicted octanol–water partition coefficient (Wildman–Crippen LogP) is 13.4. The maximum atomic E-state index is 6.32. The van der Waals surface area contributed by atoms with Crippen LogP contribution in [0.15, 0.2) is 9.79 Å². The van der Waals surface area contributed by atoms with Gasteiger partial charge in [0.2, 0.25) is 7.59 Å². The fraction of sp³-hybridized carbons (Fsp3) is 0.143. The molecule has 0 aliphatic carbocycles. The van der Waals surface area contributed by atoms with E-state index in [1.54, 1.807) is 0 Å².